The standard InChI is InChI=1S/C17H15ClN6O3/c1-10-3-5-13(7-11(10)2)23-16(20-21-22-23)9-19-17(25)14-8-12(18)4-6-15(14)24(26)27/h3-8H,9H2,1-2H3,(H,19,25). The van der Waals surface area contributed by atoms with Gasteiger partial charge in [-0.05, 0) is 59.7 Å². The van der Waals surface area contributed by atoms with Crippen LogP contribution in [0.15, 0.2) is 36.4 Å². The normalized spacial score (nSPS) is 10.6. The fourth-order valence-corrected chi connectivity index (χ4v) is 2.65. The van der Waals surface area contributed by atoms with Crippen molar-refractivity contribution in [3.8, 4) is 5.69 Å². The zero-order valence-electron chi connectivity index (χ0n) is 14.5. The first kappa shape index (κ1) is 18.5. The van der Waals surface area contributed by atoms with Crippen LogP contribution in [0.25, 0.3) is 5.69 Å². The minimum Gasteiger partial charge on any atom is -0.344 e. The lowest BCUT2D eigenvalue weighted by molar-refractivity contribution is -0.385. The molecule has 0 aliphatic carbocycles. The van der Waals surface area contributed by atoms with E-state index in [4.69, 9.17) is 11.6 Å². The number of carbonyl (C=O) groups is 1. The summed E-state index contributed by atoms with van der Waals surface area (Å²) in [4.78, 5) is 22.9. The van der Waals surface area contributed by atoms with Crippen LogP contribution in [0.4, 0.5) is 5.69 Å². The highest BCUT2D eigenvalue weighted by molar-refractivity contribution is 6.31. The molecule has 27 heavy (non-hydrogen) atoms. The number of aryl methyl sites for hydroxylation is 2. The molecular weight excluding hydrogens is 372 g/mol. The lowest BCUT2D eigenvalue weighted by atomic mass is 10.1. The minimum absolute atomic E-state index is 0.0115. The summed E-state index contributed by atoms with van der Waals surface area (Å²) in [7, 11) is 0. The van der Waals surface area contributed by atoms with Crippen LogP contribution in [-0.2, 0) is 6.54 Å². The predicted molar refractivity (Wildman–Crippen MR) is 97.9 cm³/mol. The molecule has 0 spiro atoms. The second-order valence-electron chi connectivity index (χ2n) is 5.88. The fraction of sp³-hybridized carbons (Fsp3) is 0.176. The van der Waals surface area contributed by atoms with E-state index in [1.54, 1.807) is 0 Å². The Hall–Kier alpha value is -3.33. The first-order valence-electron chi connectivity index (χ1n) is 7.94. The summed E-state index contributed by atoms with van der Waals surface area (Å²) >= 11 is 5.86. The number of nitrogens with one attached hydrogen (secondary N) is 1. The van der Waals surface area contributed by atoms with Gasteiger partial charge in [0.15, 0.2) is 5.82 Å². The summed E-state index contributed by atoms with van der Waals surface area (Å²) in [6.45, 7) is 3.96. The highest BCUT2D eigenvalue weighted by Gasteiger charge is 2.21. The summed E-state index contributed by atoms with van der Waals surface area (Å²) in [6, 6.07) is 9.54. The van der Waals surface area contributed by atoms with Gasteiger partial charge < -0.3 is 5.32 Å². The van der Waals surface area contributed by atoms with E-state index in [9.17, 15) is 14.9 Å². The molecule has 0 unspecified atom stereocenters. The van der Waals surface area contributed by atoms with Crippen molar-refractivity contribution in [2.45, 2.75) is 20.4 Å². The molecule has 0 fully saturated rings. The number of amides is 1. The van der Waals surface area contributed by atoms with E-state index in [0.717, 1.165) is 16.8 Å². The lowest BCUT2D eigenvalue weighted by Gasteiger charge is -2.08. The summed E-state index contributed by atoms with van der Waals surface area (Å²) in [5.41, 5.74) is 2.51. The molecule has 0 aliphatic heterocycles. The van der Waals surface area contributed by atoms with Gasteiger partial charge in [-0.15, -0.1) is 5.10 Å². The second-order valence-corrected chi connectivity index (χ2v) is 6.31. The van der Waals surface area contributed by atoms with Gasteiger partial charge in [0, 0.05) is 11.1 Å². The molecule has 138 valence electrons. The van der Waals surface area contributed by atoms with Crippen LogP contribution in [0.2, 0.25) is 5.02 Å². The van der Waals surface area contributed by atoms with Crippen LogP contribution in [0.5, 0.6) is 0 Å². The van der Waals surface area contributed by atoms with Crippen molar-refractivity contribution in [2.75, 3.05) is 0 Å². The van der Waals surface area contributed by atoms with Crippen molar-refractivity contribution in [1.29, 1.82) is 0 Å². The van der Waals surface area contributed by atoms with E-state index < -0.39 is 10.8 Å². The number of hydrogen-bond donors (Lipinski definition) is 1. The molecule has 0 saturated heterocycles. The average Bonchev–Trinajstić information content (AvgIpc) is 3.10. The molecule has 1 amide bonds. The SMILES string of the molecule is Cc1ccc(-n2nnnc2CNC(=O)c2cc(Cl)ccc2[N+](=O)[O-])cc1C. The van der Waals surface area contributed by atoms with Crippen molar-refractivity contribution >= 4 is 23.2 Å². The van der Waals surface area contributed by atoms with E-state index in [-0.39, 0.29) is 22.8 Å². The quantitative estimate of drug-likeness (QED) is 0.532. The number of aromatic nitrogens is 4. The van der Waals surface area contributed by atoms with Crippen molar-refractivity contribution < 1.29 is 9.72 Å². The van der Waals surface area contributed by atoms with Crippen LogP contribution in [0, 0.1) is 24.0 Å². The van der Waals surface area contributed by atoms with Crippen molar-refractivity contribution in [1.82, 2.24) is 25.5 Å². The van der Waals surface area contributed by atoms with Gasteiger partial charge in [-0.1, -0.05) is 17.7 Å². The van der Waals surface area contributed by atoms with E-state index in [1.807, 2.05) is 32.0 Å². The number of carbonyl (C=O) groups excluding carboxylic acids is 1. The number of benzene rings is 2. The van der Waals surface area contributed by atoms with Gasteiger partial charge in [-0.3, -0.25) is 14.9 Å². The van der Waals surface area contributed by atoms with E-state index in [1.165, 1.54) is 22.9 Å². The fourth-order valence-electron chi connectivity index (χ4n) is 2.48. The van der Waals surface area contributed by atoms with Crippen LogP contribution in [0.3, 0.4) is 0 Å². The van der Waals surface area contributed by atoms with Crippen LogP contribution < -0.4 is 5.32 Å². The summed E-state index contributed by atoms with van der Waals surface area (Å²) in [5.74, 6) is -0.255. The smallest absolute Gasteiger partial charge is 0.282 e. The van der Waals surface area contributed by atoms with E-state index >= 15 is 0 Å². The highest BCUT2D eigenvalue weighted by Crippen LogP contribution is 2.22. The molecule has 0 saturated carbocycles. The Labute approximate surface area is 159 Å². The highest BCUT2D eigenvalue weighted by atomic mass is 35.5. The van der Waals surface area contributed by atoms with Gasteiger partial charge in [0.2, 0.25) is 0 Å². The van der Waals surface area contributed by atoms with E-state index in [0.29, 0.717) is 5.82 Å². The van der Waals surface area contributed by atoms with Crippen molar-refractivity contribution in [2.24, 2.45) is 0 Å². The molecular formula is C17H15ClN6O3. The third-order valence-electron chi connectivity index (χ3n) is 4.08. The number of halogens is 1. The number of tetrazole rings is 1. The zero-order valence-corrected chi connectivity index (χ0v) is 15.3. The van der Waals surface area contributed by atoms with Gasteiger partial charge in [0.1, 0.15) is 5.56 Å². The van der Waals surface area contributed by atoms with Gasteiger partial charge in [0.05, 0.1) is 17.2 Å². The van der Waals surface area contributed by atoms with Gasteiger partial charge >= 0.3 is 0 Å². The van der Waals surface area contributed by atoms with Gasteiger partial charge in [-0.25, -0.2) is 0 Å². The molecule has 3 aromatic rings. The Balaban J connectivity index is 1.82. The van der Waals surface area contributed by atoms with Crippen molar-refractivity contribution in [3.63, 3.8) is 0 Å². The average molecular weight is 387 g/mol. The maximum atomic E-state index is 12.4. The molecule has 1 N–H and O–H groups in total. The number of rotatable bonds is 5. The number of nitro benzene ring substituents is 1. The molecule has 3 rings (SSSR count). The number of hydrogen-bond acceptors (Lipinski definition) is 6. The van der Waals surface area contributed by atoms with Crippen LogP contribution >= 0.6 is 11.6 Å². The van der Waals surface area contributed by atoms with Crippen LogP contribution in [-0.4, -0.2) is 31.0 Å². The Morgan fingerprint density at radius 2 is 2.00 bits per heavy atom. The third kappa shape index (κ3) is 3.93. The third-order valence-corrected chi connectivity index (χ3v) is 4.31. The molecule has 0 bridgehead atoms. The van der Waals surface area contributed by atoms with Gasteiger partial charge in [-0.2, -0.15) is 4.68 Å². The number of nitro groups is 1. The lowest BCUT2D eigenvalue weighted by Crippen LogP contribution is -2.25. The number of nitrogens with zero attached hydrogens (tertiary/aromatic N) is 5. The second kappa shape index (κ2) is 7.50. The molecule has 10 heteroatoms. The van der Waals surface area contributed by atoms with Gasteiger partial charge in [0.25, 0.3) is 11.6 Å². The molecule has 0 aliphatic rings. The first-order valence-corrected chi connectivity index (χ1v) is 8.31. The molecule has 0 atom stereocenters. The monoisotopic (exact) mass is 386 g/mol. The topological polar surface area (TPSA) is 116 Å². The molecule has 0 radical (unpaired) electrons. The maximum Gasteiger partial charge on any atom is 0.282 e. The molecule has 1 aromatic heterocycles. The molecule has 2 aromatic carbocycles. The zero-order chi connectivity index (χ0) is 19.6. The molecule has 1 heterocycles. The molecule has 9 nitrogen and oxygen atoms in total. The Kier molecular flexibility index (Phi) is 5.13. The largest absolute Gasteiger partial charge is 0.344 e. The maximum absolute atomic E-state index is 12.4. The summed E-state index contributed by atoms with van der Waals surface area (Å²) in [6.07, 6.45) is 0. The van der Waals surface area contributed by atoms with Crippen LogP contribution in [0.1, 0.15) is 27.3 Å². The first-order chi connectivity index (χ1) is 12.9. The van der Waals surface area contributed by atoms with E-state index in [2.05, 4.69) is 20.8 Å². The Morgan fingerprint density at radius 3 is 2.70 bits per heavy atom. The summed E-state index contributed by atoms with van der Waals surface area (Å²) < 4.78 is 1.50. The Morgan fingerprint density at radius 1 is 1.22 bits per heavy atom. The summed E-state index contributed by atoms with van der Waals surface area (Å²) in [5, 5.41) is 25.4. The van der Waals surface area contributed by atoms with Crippen molar-refractivity contribution in [3.05, 3.63) is 74.0 Å². The minimum atomic E-state index is -0.640. The Bertz CT molecular complexity index is 1030. The predicted octanol–water partition coefficient (Wildman–Crippen LogP) is 2.77.